The molecule has 0 spiro atoms. The lowest BCUT2D eigenvalue weighted by Gasteiger charge is -2.40. The molecule has 114 valence electrons. The quantitative estimate of drug-likeness (QED) is 0.922. The predicted molar refractivity (Wildman–Crippen MR) is 78.7 cm³/mol. The highest BCUT2D eigenvalue weighted by molar-refractivity contribution is 5.66. The molecule has 1 aliphatic heterocycles. The molecule has 1 fully saturated rings. The van der Waals surface area contributed by atoms with Crippen molar-refractivity contribution in [3.8, 4) is 0 Å². The molecule has 1 saturated heterocycles. The zero-order valence-electron chi connectivity index (χ0n) is 12.2. The van der Waals surface area contributed by atoms with Gasteiger partial charge >= 0.3 is 5.97 Å². The molecule has 0 bridgehead atoms. The minimum atomic E-state index is -0.724. The number of aliphatic carboxylic acids is 1. The minimum Gasteiger partial charge on any atom is -0.481 e. The van der Waals surface area contributed by atoms with Crippen molar-refractivity contribution >= 4 is 5.97 Å². The van der Waals surface area contributed by atoms with Crippen molar-refractivity contribution in [1.82, 2.24) is 4.90 Å². The summed E-state index contributed by atoms with van der Waals surface area (Å²) in [5.74, 6) is -0.813. The Kier molecular flexibility index (Phi) is 4.24. The van der Waals surface area contributed by atoms with E-state index in [4.69, 9.17) is 5.11 Å². The molecular weight excluding hydrogens is 269 g/mol. The van der Waals surface area contributed by atoms with Crippen LogP contribution >= 0.6 is 0 Å². The van der Waals surface area contributed by atoms with Gasteiger partial charge in [0.2, 0.25) is 0 Å². The molecule has 2 aliphatic rings. The third-order valence-corrected chi connectivity index (χ3v) is 4.95. The van der Waals surface area contributed by atoms with E-state index in [9.17, 15) is 9.18 Å². The number of carboxylic acid groups (broad SMARTS) is 1. The summed E-state index contributed by atoms with van der Waals surface area (Å²) >= 11 is 0. The Bertz CT molecular complexity index is 532. The second-order valence-corrected chi connectivity index (χ2v) is 6.18. The second kappa shape index (κ2) is 6.14. The molecule has 3 nitrogen and oxygen atoms in total. The minimum absolute atomic E-state index is 0.0888. The number of rotatable bonds is 4. The van der Waals surface area contributed by atoms with Crippen LogP contribution in [0.2, 0.25) is 0 Å². The highest BCUT2D eigenvalue weighted by atomic mass is 19.1. The maximum atomic E-state index is 13.9. The number of nitrogens with zero attached hydrogens (tertiary/aromatic N) is 1. The Morgan fingerprint density at radius 2 is 2.19 bits per heavy atom. The van der Waals surface area contributed by atoms with Gasteiger partial charge < -0.3 is 5.11 Å². The lowest BCUT2D eigenvalue weighted by molar-refractivity contribution is -0.137. The molecule has 3 rings (SSSR count). The summed E-state index contributed by atoms with van der Waals surface area (Å²) in [4.78, 5) is 13.3. The molecule has 0 amide bonds. The summed E-state index contributed by atoms with van der Waals surface area (Å²) in [6.07, 6.45) is 6.08. The van der Waals surface area contributed by atoms with E-state index >= 15 is 0 Å². The van der Waals surface area contributed by atoms with Crippen molar-refractivity contribution in [1.29, 1.82) is 0 Å². The zero-order chi connectivity index (χ0) is 14.8. The third-order valence-electron chi connectivity index (χ3n) is 4.95. The van der Waals surface area contributed by atoms with Gasteiger partial charge in [-0.3, -0.25) is 9.69 Å². The Morgan fingerprint density at radius 1 is 1.33 bits per heavy atom. The van der Waals surface area contributed by atoms with Crippen LogP contribution in [0.25, 0.3) is 0 Å². The first-order valence-corrected chi connectivity index (χ1v) is 7.91. The van der Waals surface area contributed by atoms with Gasteiger partial charge in [-0.2, -0.15) is 0 Å². The smallest absolute Gasteiger partial charge is 0.303 e. The van der Waals surface area contributed by atoms with Gasteiger partial charge in [-0.05, 0) is 55.8 Å². The fourth-order valence-corrected chi connectivity index (χ4v) is 3.97. The lowest BCUT2D eigenvalue weighted by atomic mass is 9.94. The average Bonchev–Trinajstić information content (AvgIpc) is 2.90. The normalized spacial score (nSPS) is 25.8. The van der Waals surface area contributed by atoms with Crippen LogP contribution in [0.4, 0.5) is 4.39 Å². The molecule has 0 radical (unpaired) electrons. The lowest BCUT2D eigenvalue weighted by Crippen LogP contribution is -2.41. The summed E-state index contributed by atoms with van der Waals surface area (Å²) < 4.78 is 13.9. The van der Waals surface area contributed by atoms with Crippen molar-refractivity contribution in [3.63, 3.8) is 0 Å². The zero-order valence-corrected chi connectivity index (χ0v) is 12.2. The maximum absolute atomic E-state index is 13.9. The summed E-state index contributed by atoms with van der Waals surface area (Å²) in [6.45, 7) is 1.00. The Labute approximate surface area is 124 Å². The highest BCUT2D eigenvalue weighted by Gasteiger charge is 2.34. The molecule has 1 aliphatic carbocycles. The number of fused-ring (bicyclic) bond motifs is 1. The van der Waals surface area contributed by atoms with E-state index in [1.54, 1.807) is 12.1 Å². The number of likely N-dealkylation sites (tertiary alicyclic amines) is 1. The topological polar surface area (TPSA) is 40.5 Å². The molecule has 2 unspecified atom stereocenters. The molecule has 0 saturated carbocycles. The van der Waals surface area contributed by atoms with E-state index < -0.39 is 5.97 Å². The number of piperidine rings is 1. The van der Waals surface area contributed by atoms with Crippen LogP contribution in [0.1, 0.15) is 55.7 Å². The number of carbonyl (C=O) groups is 1. The molecule has 21 heavy (non-hydrogen) atoms. The van der Waals surface area contributed by atoms with Crippen molar-refractivity contribution in [3.05, 3.63) is 35.1 Å². The standard InChI is InChI=1S/C17H22FNO2/c18-15-6-3-5-14-13(15)8-9-16(14)19-11-2-1-4-12(19)7-10-17(20)21/h3,5-6,12,16H,1-2,4,7-11H2,(H,20,21). The summed E-state index contributed by atoms with van der Waals surface area (Å²) in [5.41, 5.74) is 1.99. The van der Waals surface area contributed by atoms with E-state index in [0.717, 1.165) is 43.4 Å². The first-order chi connectivity index (χ1) is 10.2. The number of carboxylic acids is 1. The van der Waals surface area contributed by atoms with Gasteiger partial charge in [-0.25, -0.2) is 4.39 Å². The van der Waals surface area contributed by atoms with Gasteiger partial charge in [-0.15, -0.1) is 0 Å². The van der Waals surface area contributed by atoms with Gasteiger partial charge in [0.25, 0.3) is 0 Å². The van der Waals surface area contributed by atoms with Crippen molar-refractivity contribution in [2.45, 2.75) is 57.0 Å². The molecule has 2 atom stereocenters. The largest absolute Gasteiger partial charge is 0.481 e. The molecule has 1 N–H and O–H groups in total. The van der Waals surface area contributed by atoms with E-state index in [-0.39, 0.29) is 18.3 Å². The van der Waals surface area contributed by atoms with Gasteiger partial charge in [-0.1, -0.05) is 18.6 Å². The van der Waals surface area contributed by atoms with Crippen LogP contribution in [0.15, 0.2) is 18.2 Å². The predicted octanol–water partition coefficient (Wildman–Crippen LogP) is 3.53. The summed E-state index contributed by atoms with van der Waals surface area (Å²) in [7, 11) is 0. The Hall–Kier alpha value is -1.42. The first-order valence-electron chi connectivity index (χ1n) is 7.91. The number of halogens is 1. The van der Waals surface area contributed by atoms with Crippen LogP contribution < -0.4 is 0 Å². The van der Waals surface area contributed by atoms with E-state index in [1.807, 2.05) is 6.07 Å². The van der Waals surface area contributed by atoms with Crippen LogP contribution in [0, 0.1) is 5.82 Å². The second-order valence-electron chi connectivity index (χ2n) is 6.18. The van der Waals surface area contributed by atoms with Gasteiger partial charge in [0.1, 0.15) is 5.82 Å². The molecule has 0 aromatic heterocycles. The molecule has 1 aromatic carbocycles. The number of hydrogen-bond acceptors (Lipinski definition) is 2. The van der Waals surface area contributed by atoms with E-state index in [0.29, 0.717) is 12.5 Å². The van der Waals surface area contributed by atoms with Gasteiger partial charge in [0.15, 0.2) is 0 Å². The van der Waals surface area contributed by atoms with Crippen molar-refractivity contribution in [2.24, 2.45) is 0 Å². The van der Waals surface area contributed by atoms with Crippen LogP contribution in [-0.2, 0) is 11.2 Å². The van der Waals surface area contributed by atoms with Crippen LogP contribution in [0.3, 0.4) is 0 Å². The first kappa shape index (κ1) is 14.5. The molecule has 1 heterocycles. The van der Waals surface area contributed by atoms with Gasteiger partial charge in [0.05, 0.1) is 0 Å². The maximum Gasteiger partial charge on any atom is 0.303 e. The highest BCUT2D eigenvalue weighted by Crippen LogP contribution is 2.40. The van der Waals surface area contributed by atoms with E-state index in [1.165, 1.54) is 6.42 Å². The SMILES string of the molecule is O=C(O)CCC1CCCCN1C1CCc2c(F)cccc21. The molecule has 1 aromatic rings. The van der Waals surface area contributed by atoms with E-state index in [2.05, 4.69) is 4.90 Å². The third kappa shape index (κ3) is 2.95. The summed E-state index contributed by atoms with van der Waals surface area (Å²) in [5, 5.41) is 8.92. The number of hydrogen-bond donors (Lipinski definition) is 1. The molecular formula is C17H22FNO2. The Balaban J connectivity index is 1.79. The summed E-state index contributed by atoms with van der Waals surface area (Å²) in [6, 6.07) is 5.98. The van der Waals surface area contributed by atoms with Gasteiger partial charge in [0, 0.05) is 18.5 Å². The van der Waals surface area contributed by atoms with Crippen molar-refractivity contribution in [2.75, 3.05) is 6.54 Å². The average molecular weight is 291 g/mol. The fourth-order valence-electron chi connectivity index (χ4n) is 3.97. The fraction of sp³-hybridized carbons (Fsp3) is 0.588. The van der Waals surface area contributed by atoms with Crippen molar-refractivity contribution < 1.29 is 14.3 Å². The van der Waals surface area contributed by atoms with Crippen LogP contribution in [0.5, 0.6) is 0 Å². The monoisotopic (exact) mass is 291 g/mol. The Morgan fingerprint density at radius 3 is 3.00 bits per heavy atom. The molecule has 4 heteroatoms. The van der Waals surface area contributed by atoms with Crippen LogP contribution in [-0.4, -0.2) is 28.6 Å². The number of benzene rings is 1.